The monoisotopic (exact) mass is 622 g/mol. The van der Waals surface area contributed by atoms with Crippen molar-refractivity contribution in [1.82, 2.24) is 10.2 Å². The number of hydrogen-bond donors (Lipinski definition) is 1. The van der Waals surface area contributed by atoms with Crippen LogP contribution in [0.3, 0.4) is 0 Å². The molecule has 3 heteroatoms. The summed E-state index contributed by atoms with van der Waals surface area (Å²) in [6, 6.07) is 0. The van der Waals surface area contributed by atoms with E-state index in [4.69, 9.17) is 4.74 Å². The van der Waals surface area contributed by atoms with Gasteiger partial charge in [0.2, 0.25) is 0 Å². The van der Waals surface area contributed by atoms with Crippen LogP contribution < -0.4 is 5.32 Å². The van der Waals surface area contributed by atoms with E-state index >= 15 is 0 Å². The lowest BCUT2D eigenvalue weighted by Gasteiger charge is -2.55. The molecule has 1 saturated carbocycles. The topological polar surface area (TPSA) is 24.5 Å². The third-order valence-electron chi connectivity index (χ3n) is 13.6. The molecule has 0 bridgehead atoms. The Morgan fingerprint density at radius 1 is 0.766 bits per heavy atom. The van der Waals surface area contributed by atoms with Gasteiger partial charge in [-0.1, -0.05) is 72.9 Å². The summed E-state index contributed by atoms with van der Waals surface area (Å²) in [4.78, 5) is 2.79. The highest BCUT2D eigenvalue weighted by Gasteiger charge is 2.66. The summed E-state index contributed by atoms with van der Waals surface area (Å²) in [5, 5.41) is 4.08. The Morgan fingerprint density at radius 2 is 1.68 bits per heavy atom. The van der Waals surface area contributed by atoms with Crippen LogP contribution in [-0.2, 0) is 4.74 Å². The number of hydrogen-bond acceptors (Lipinski definition) is 3. The molecule has 9 unspecified atom stereocenters. The Labute approximate surface area is 281 Å². The molecule has 0 amide bonds. The third kappa shape index (κ3) is 4.30. The van der Waals surface area contributed by atoms with Crippen LogP contribution in [0.4, 0.5) is 0 Å². The number of rotatable bonds is 3. The highest BCUT2D eigenvalue weighted by Crippen LogP contribution is 2.70. The zero-order valence-electron chi connectivity index (χ0n) is 27.8. The Bertz CT molecular complexity index is 1690. The summed E-state index contributed by atoms with van der Waals surface area (Å²) < 4.78 is 7.08. The number of nitrogens with zero attached hydrogens (tertiary/aromatic N) is 1. The molecule has 8 aliphatic carbocycles. The zero-order chi connectivity index (χ0) is 31.0. The molecule has 9 atom stereocenters. The lowest BCUT2D eigenvalue weighted by molar-refractivity contribution is -0.0187. The second kappa shape index (κ2) is 11.3. The van der Waals surface area contributed by atoms with Gasteiger partial charge in [-0.3, -0.25) is 0 Å². The summed E-state index contributed by atoms with van der Waals surface area (Å²) in [5.41, 5.74) is 9.03. The van der Waals surface area contributed by atoms with E-state index in [0.717, 1.165) is 25.7 Å². The predicted molar refractivity (Wildman–Crippen MR) is 190 cm³/mol. The molecule has 242 valence electrons. The molecule has 10 aliphatic rings. The molecule has 0 aromatic heterocycles. The molecular formula is C44H50N2O. The Balaban J connectivity index is 1.01. The quantitative estimate of drug-likeness (QED) is 0.317. The first-order valence-corrected chi connectivity index (χ1v) is 19.1. The second-order valence-corrected chi connectivity index (χ2v) is 15.8. The van der Waals surface area contributed by atoms with Crippen LogP contribution in [0.5, 0.6) is 0 Å². The zero-order valence-corrected chi connectivity index (χ0v) is 27.8. The van der Waals surface area contributed by atoms with Gasteiger partial charge in [0, 0.05) is 34.3 Å². The van der Waals surface area contributed by atoms with Gasteiger partial charge in [-0.15, -0.1) is 0 Å². The molecular weight excluding hydrogens is 572 g/mol. The smallest absolute Gasteiger partial charge is 0.125 e. The van der Waals surface area contributed by atoms with Crippen molar-refractivity contribution in [2.45, 2.75) is 95.7 Å². The molecule has 1 saturated heterocycles. The van der Waals surface area contributed by atoms with Crippen LogP contribution in [0.15, 0.2) is 131 Å². The Hall–Kier alpha value is -3.46. The van der Waals surface area contributed by atoms with Crippen LogP contribution in [0.25, 0.3) is 0 Å². The highest BCUT2D eigenvalue weighted by molar-refractivity contribution is 5.55. The minimum Gasteiger partial charge on any atom is -0.486 e. The van der Waals surface area contributed by atoms with E-state index < -0.39 is 0 Å². The fourth-order valence-electron chi connectivity index (χ4n) is 11.8. The Kier molecular flexibility index (Phi) is 6.87. The van der Waals surface area contributed by atoms with Crippen molar-refractivity contribution < 1.29 is 4.74 Å². The summed E-state index contributed by atoms with van der Waals surface area (Å²) in [6.45, 7) is 0. The summed E-state index contributed by atoms with van der Waals surface area (Å²) in [7, 11) is 0. The van der Waals surface area contributed by atoms with Gasteiger partial charge in [0.25, 0.3) is 0 Å². The summed E-state index contributed by atoms with van der Waals surface area (Å²) in [6.07, 6.45) is 53.5. The largest absolute Gasteiger partial charge is 0.486 e. The average Bonchev–Trinajstić information content (AvgIpc) is 3.67. The lowest BCUT2D eigenvalue weighted by atomic mass is 9.52. The van der Waals surface area contributed by atoms with E-state index in [0.29, 0.717) is 41.7 Å². The number of ether oxygens (including phenoxy) is 1. The first-order chi connectivity index (χ1) is 23.3. The molecule has 0 aromatic carbocycles. The van der Waals surface area contributed by atoms with Gasteiger partial charge in [0.15, 0.2) is 0 Å². The van der Waals surface area contributed by atoms with Crippen molar-refractivity contribution in [3.05, 3.63) is 131 Å². The lowest BCUT2D eigenvalue weighted by Crippen LogP contribution is -2.52. The van der Waals surface area contributed by atoms with Gasteiger partial charge in [0.1, 0.15) is 18.0 Å². The maximum Gasteiger partial charge on any atom is 0.125 e. The molecule has 2 heterocycles. The molecule has 3 nitrogen and oxygen atoms in total. The molecule has 0 radical (unpaired) electrons. The van der Waals surface area contributed by atoms with E-state index in [2.05, 4.69) is 101 Å². The van der Waals surface area contributed by atoms with Crippen molar-refractivity contribution in [3.63, 3.8) is 0 Å². The molecule has 2 aliphatic heterocycles. The van der Waals surface area contributed by atoms with Crippen LogP contribution in [0, 0.1) is 40.9 Å². The fourth-order valence-corrected chi connectivity index (χ4v) is 11.8. The Morgan fingerprint density at radius 3 is 2.64 bits per heavy atom. The van der Waals surface area contributed by atoms with Gasteiger partial charge in [0.05, 0.1) is 0 Å². The second-order valence-electron chi connectivity index (χ2n) is 15.8. The van der Waals surface area contributed by atoms with Crippen molar-refractivity contribution in [3.8, 4) is 0 Å². The molecule has 1 spiro atoms. The van der Waals surface area contributed by atoms with Gasteiger partial charge in [-0.25, -0.2) is 0 Å². The van der Waals surface area contributed by atoms with Gasteiger partial charge in [-0.2, -0.15) is 0 Å². The molecule has 2 fully saturated rings. The normalized spacial score (nSPS) is 41.0. The van der Waals surface area contributed by atoms with Crippen molar-refractivity contribution in [2.75, 3.05) is 0 Å². The van der Waals surface area contributed by atoms with E-state index in [1.807, 2.05) is 0 Å². The SMILES string of the molecule is C1=CC2C3C=CCCC3C3(C4=CCCC=C4OC4C=C(C5=CCCC(N6C7=C(CCCC7)NC6C6CC=CCC6)=C5)C=CC43)C2C=C1. The summed E-state index contributed by atoms with van der Waals surface area (Å²) >= 11 is 0. The van der Waals surface area contributed by atoms with Crippen LogP contribution in [0.2, 0.25) is 0 Å². The van der Waals surface area contributed by atoms with E-state index in [1.165, 1.54) is 91.7 Å². The number of nitrogens with one attached hydrogen (secondary N) is 1. The first kappa shape index (κ1) is 28.5. The first-order valence-electron chi connectivity index (χ1n) is 19.1. The van der Waals surface area contributed by atoms with Crippen LogP contribution in [0.1, 0.15) is 83.5 Å². The molecule has 47 heavy (non-hydrogen) atoms. The number of allylic oxidation sites excluding steroid dienone is 19. The maximum atomic E-state index is 7.08. The average molecular weight is 623 g/mol. The van der Waals surface area contributed by atoms with Crippen LogP contribution >= 0.6 is 0 Å². The van der Waals surface area contributed by atoms with Crippen LogP contribution in [-0.4, -0.2) is 17.2 Å². The van der Waals surface area contributed by atoms with Gasteiger partial charge >= 0.3 is 0 Å². The van der Waals surface area contributed by atoms with E-state index in [-0.39, 0.29) is 11.5 Å². The van der Waals surface area contributed by atoms with Gasteiger partial charge < -0.3 is 15.0 Å². The fraction of sp³-hybridized carbons (Fsp3) is 0.500. The minimum atomic E-state index is 0.0728. The number of fused-ring (bicyclic) bond motifs is 9. The van der Waals surface area contributed by atoms with Crippen molar-refractivity contribution >= 4 is 0 Å². The summed E-state index contributed by atoms with van der Waals surface area (Å²) in [5.74, 6) is 4.57. The van der Waals surface area contributed by atoms with Gasteiger partial charge in [-0.05, 0) is 142 Å². The van der Waals surface area contributed by atoms with Crippen molar-refractivity contribution in [1.29, 1.82) is 0 Å². The standard InChI is InChI=1S/C44H50N2O/c1-2-13-29(14-3-1)43-45-39-22-9-10-23-40(39)46(43)32-16-12-15-30(27-32)31-25-26-38-42(28-31)47-41-24-11-8-21-37(41)44(38)35-19-6-4-17-33(35)34-18-5-7-20-36(34)44/h1-2,4-6,15,17-19,21,24-29,33-36,38,42-43,45H,3,7-14,16,20,22-23H2. The molecule has 0 aromatic rings. The molecule has 10 rings (SSSR count). The van der Waals surface area contributed by atoms with E-state index in [9.17, 15) is 0 Å². The highest BCUT2D eigenvalue weighted by atomic mass is 16.5. The molecule has 1 N–H and O–H groups in total. The predicted octanol–water partition coefficient (Wildman–Crippen LogP) is 10.0. The minimum absolute atomic E-state index is 0.0728. The maximum absolute atomic E-state index is 7.08. The van der Waals surface area contributed by atoms with E-state index in [1.54, 1.807) is 5.70 Å². The third-order valence-corrected chi connectivity index (χ3v) is 13.6. The van der Waals surface area contributed by atoms with Crippen molar-refractivity contribution in [2.24, 2.45) is 40.9 Å².